The fraction of sp³-hybridized carbons (Fsp3) is 0.524. The standard InChI is InChI=1S/C21H28N4O3/c1-3-17(22-18(26)13-14-8-7-11-16(12-14)28-2)19-21(27)23-20(25-24-19)15-9-5-4-6-10-15/h4-6,9-10,14,16-17H,3,7-8,11-13H2,1-2H3,(H,22,26)(H,23,25,27). The van der Waals surface area contributed by atoms with Gasteiger partial charge < -0.3 is 15.0 Å². The second-order valence-corrected chi connectivity index (χ2v) is 7.38. The number of nitrogens with one attached hydrogen (secondary N) is 2. The molecule has 0 bridgehead atoms. The average Bonchev–Trinajstić information content (AvgIpc) is 2.73. The molecule has 1 heterocycles. The van der Waals surface area contributed by atoms with Gasteiger partial charge in [-0.15, -0.1) is 10.2 Å². The number of methoxy groups -OCH3 is 1. The molecule has 3 unspecified atom stereocenters. The van der Waals surface area contributed by atoms with Crippen LogP contribution < -0.4 is 10.9 Å². The van der Waals surface area contributed by atoms with Crippen LogP contribution in [0.2, 0.25) is 0 Å². The Morgan fingerprint density at radius 2 is 2.07 bits per heavy atom. The van der Waals surface area contributed by atoms with Crippen molar-refractivity contribution in [2.45, 2.75) is 57.6 Å². The lowest BCUT2D eigenvalue weighted by Gasteiger charge is -2.28. The normalized spacial score (nSPS) is 20.5. The number of carbonyl (C=O) groups excluding carboxylic acids is 1. The van der Waals surface area contributed by atoms with E-state index in [0.29, 0.717) is 24.6 Å². The maximum atomic E-state index is 12.5. The number of H-pyrrole nitrogens is 1. The molecule has 0 saturated heterocycles. The lowest BCUT2D eigenvalue weighted by molar-refractivity contribution is -0.123. The third-order valence-corrected chi connectivity index (χ3v) is 5.39. The molecule has 1 fully saturated rings. The van der Waals surface area contributed by atoms with Gasteiger partial charge in [-0.3, -0.25) is 9.59 Å². The fourth-order valence-corrected chi connectivity index (χ4v) is 3.82. The van der Waals surface area contributed by atoms with Crippen molar-refractivity contribution in [1.29, 1.82) is 0 Å². The van der Waals surface area contributed by atoms with Gasteiger partial charge in [-0.25, -0.2) is 0 Å². The molecule has 2 aromatic rings. The molecule has 1 amide bonds. The van der Waals surface area contributed by atoms with Gasteiger partial charge in [0.25, 0.3) is 5.56 Å². The molecule has 1 saturated carbocycles. The van der Waals surface area contributed by atoms with Crippen molar-refractivity contribution in [3.63, 3.8) is 0 Å². The minimum Gasteiger partial charge on any atom is -0.381 e. The van der Waals surface area contributed by atoms with Crippen molar-refractivity contribution < 1.29 is 9.53 Å². The van der Waals surface area contributed by atoms with Crippen LogP contribution in [0.5, 0.6) is 0 Å². The smallest absolute Gasteiger partial charge is 0.275 e. The third-order valence-electron chi connectivity index (χ3n) is 5.39. The van der Waals surface area contributed by atoms with Gasteiger partial charge in [0.2, 0.25) is 5.91 Å². The highest BCUT2D eigenvalue weighted by molar-refractivity contribution is 5.76. The molecular formula is C21H28N4O3. The van der Waals surface area contributed by atoms with Crippen LogP contribution in [0.3, 0.4) is 0 Å². The summed E-state index contributed by atoms with van der Waals surface area (Å²) in [6, 6.07) is 8.91. The Bertz CT molecular complexity index is 837. The Kier molecular flexibility index (Phi) is 6.92. The summed E-state index contributed by atoms with van der Waals surface area (Å²) in [5, 5.41) is 11.2. The number of aromatic nitrogens is 3. The van der Waals surface area contributed by atoms with E-state index in [1.165, 1.54) is 0 Å². The number of aromatic amines is 1. The first-order chi connectivity index (χ1) is 13.6. The van der Waals surface area contributed by atoms with E-state index >= 15 is 0 Å². The van der Waals surface area contributed by atoms with Crippen LogP contribution in [-0.2, 0) is 9.53 Å². The predicted molar refractivity (Wildman–Crippen MR) is 107 cm³/mol. The van der Waals surface area contributed by atoms with E-state index in [-0.39, 0.29) is 23.3 Å². The fourth-order valence-electron chi connectivity index (χ4n) is 3.82. The average molecular weight is 384 g/mol. The molecule has 7 nitrogen and oxygen atoms in total. The number of amides is 1. The molecule has 1 aromatic carbocycles. The SMILES string of the molecule is CCC(NC(=O)CC1CCCC(OC)C1)c1nnc(-c2ccccc2)[nH]c1=O. The highest BCUT2D eigenvalue weighted by atomic mass is 16.5. The first-order valence-corrected chi connectivity index (χ1v) is 9.95. The van der Waals surface area contributed by atoms with Gasteiger partial charge >= 0.3 is 0 Å². The van der Waals surface area contributed by atoms with E-state index in [0.717, 1.165) is 31.2 Å². The summed E-state index contributed by atoms with van der Waals surface area (Å²) >= 11 is 0. The van der Waals surface area contributed by atoms with Gasteiger partial charge in [0.15, 0.2) is 11.5 Å². The molecule has 28 heavy (non-hydrogen) atoms. The maximum absolute atomic E-state index is 12.5. The molecule has 1 aliphatic carbocycles. The van der Waals surface area contributed by atoms with Gasteiger partial charge in [0.1, 0.15) is 0 Å². The molecule has 0 radical (unpaired) electrons. The van der Waals surface area contributed by atoms with Crippen molar-refractivity contribution in [3.8, 4) is 11.4 Å². The molecular weight excluding hydrogens is 356 g/mol. The van der Waals surface area contributed by atoms with Crippen LogP contribution >= 0.6 is 0 Å². The molecule has 0 aliphatic heterocycles. The Balaban J connectivity index is 1.66. The van der Waals surface area contributed by atoms with Gasteiger partial charge in [0.05, 0.1) is 12.1 Å². The number of benzene rings is 1. The van der Waals surface area contributed by atoms with E-state index in [1.54, 1.807) is 7.11 Å². The number of rotatable bonds is 7. The summed E-state index contributed by atoms with van der Waals surface area (Å²) in [5.41, 5.74) is 0.716. The second-order valence-electron chi connectivity index (χ2n) is 7.38. The number of hydrogen-bond donors (Lipinski definition) is 2. The van der Waals surface area contributed by atoms with Crippen LogP contribution in [0.4, 0.5) is 0 Å². The number of carbonyl (C=O) groups is 1. The molecule has 3 atom stereocenters. The Hall–Kier alpha value is -2.54. The zero-order valence-corrected chi connectivity index (χ0v) is 16.5. The number of ether oxygens (including phenoxy) is 1. The van der Waals surface area contributed by atoms with Crippen LogP contribution in [0.1, 0.15) is 57.2 Å². The first-order valence-electron chi connectivity index (χ1n) is 9.95. The predicted octanol–water partition coefficient (Wildman–Crippen LogP) is 2.99. The lowest BCUT2D eigenvalue weighted by Crippen LogP contribution is -2.35. The number of nitrogens with zero attached hydrogens (tertiary/aromatic N) is 2. The zero-order valence-electron chi connectivity index (χ0n) is 16.5. The van der Waals surface area contributed by atoms with Crippen molar-refractivity contribution in [2.24, 2.45) is 5.92 Å². The summed E-state index contributed by atoms with van der Waals surface area (Å²) in [7, 11) is 1.73. The molecule has 7 heteroatoms. The van der Waals surface area contributed by atoms with Gasteiger partial charge in [-0.05, 0) is 31.6 Å². The second kappa shape index (κ2) is 9.59. The van der Waals surface area contributed by atoms with Crippen LogP contribution in [0.25, 0.3) is 11.4 Å². The molecule has 2 N–H and O–H groups in total. The monoisotopic (exact) mass is 384 g/mol. The van der Waals surface area contributed by atoms with Crippen molar-refractivity contribution in [3.05, 3.63) is 46.4 Å². The van der Waals surface area contributed by atoms with Gasteiger partial charge in [0, 0.05) is 19.1 Å². The van der Waals surface area contributed by atoms with Crippen molar-refractivity contribution >= 4 is 5.91 Å². The van der Waals surface area contributed by atoms with E-state index in [9.17, 15) is 9.59 Å². The molecule has 3 rings (SSSR count). The van der Waals surface area contributed by atoms with Gasteiger partial charge in [-0.1, -0.05) is 43.7 Å². The van der Waals surface area contributed by atoms with E-state index < -0.39 is 6.04 Å². The summed E-state index contributed by atoms with van der Waals surface area (Å²) < 4.78 is 5.44. The molecule has 0 spiro atoms. The van der Waals surface area contributed by atoms with Crippen molar-refractivity contribution in [2.75, 3.05) is 7.11 Å². The van der Waals surface area contributed by atoms with Crippen molar-refractivity contribution in [1.82, 2.24) is 20.5 Å². The molecule has 150 valence electrons. The highest BCUT2D eigenvalue weighted by Gasteiger charge is 2.25. The highest BCUT2D eigenvalue weighted by Crippen LogP contribution is 2.28. The topological polar surface area (TPSA) is 97.0 Å². The van der Waals surface area contributed by atoms with E-state index in [4.69, 9.17) is 4.74 Å². The summed E-state index contributed by atoms with van der Waals surface area (Å²) in [6.07, 6.45) is 5.35. The quantitative estimate of drug-likeness (QED) is 0.765. The zero-order chi connectivity index (χ0) is 19.9. The third kappa shape index (κ3) is 5.04. The van der Waals surface area contributed by atoms with Crippen LogP contribution in [0, 0.1) is 5.92 Å². The Labute approximate surface area is 164 Å². The Morgan fingerprint density at radius 1 is 1.29 bits per heavy atom. The minimum atomic E-state index is -0.449. The summed E-state index contributed by atoms with van der Waals surface area (Å²) in [4.78, 5) is 27.9. The summed E-state index contributed by atoms with van der Waals surface area (Å²) in [6.45, 7) is 1.92. The van der Waals surface area contributed by atoms with Crippen LogP contribution in [-0.4, -0.2) is 34.3 Å². The lowest BCUT2D eigenvalue weighted by atomic mass is 9.85. The van der Waals surface area contributed by atoms with Crippen LogP contribution in [0.15, 0.2) is 35.1 Å². The van der Waals surface area contributed by atoms with E-state index in [2.05, 4.69) is 20.5 Å². The maximum Gasteiger partial charge on any atom is 0.275 e. The minimum absolute atomic E-state index is 0.0538. The van der Waals surface area contributed by atoms with E-state index in [1.807, 2.05) is 37.3 Å². The molecule has 1 aliphatic rings. The first kappa shape index (κ1) is 20.2. The Morgan fingerprint density at radius 3 is 2.75 bits per heavy atom. The molecule has 1 aromatic heterocycles. The summed E-state index contributed by atoms with van der Waals surface area (Å²) in [5.74, 6) is 0.686. The largest absolute Gasteiger partial charge is 0.381 e. The van der Waals surface area contributed by atoms with Gasteiger partial charge in [-0.2, -0.15) is 0 Å². The number of hydrogen-bond acceptors (Lipinski definition) is 5.